The number of rotatable bonds is 5. The Morgan fingerprint density at radius 1 is 1.38 bits per heavy atom. The van der Waals surface area contributed by atoms with Gasteiger partial charge >= 0.3 is 5.97 Å². The maximum atomic E-state index is 11.3. The Morgan fingerprint density at radius 2 is 2.08 bits per heavy atom. The third kappa shape index (κ3) is 3.59. The minimum atomic E-state index is -0.333. The number of aromatic nitrogens is 2. The molecule has 0 radical (unpaired) electrons. The van der Waals surface area contributed by atoms with Crippen molar-refractivity contribution >= 4 is 46.6 Å². The van der Waals surface area contributed by atoms with Crippen molar-refractivity contribution in [3.8, 4) is 11.8 Å². The van der Waals surface area contributed by atoms with Crippen molar-refractivity contribution in [1.82, 2.24) is 9.78 Å². The van der Waals surface area contributed by atoms with E-state index in [4.69, 9.17) is 40.5 Å². The predicted octanol–water partition coefficient (Wildman–Crippen LogP) is 3.78. The Morgan fingerprint density at radius 3 is 2.71 bits per heavy atom. The van der Waals surface area contributed by atoms with Crippen LogP contribution in [0, 0.1) is 11.3 Å². The second-order valence-corrected chi connectivity index (χ2v) is 6.02. The lowest BCUT2D eigenvalue weighted by Crippen LogP contribution is -2.06. The molecule has 0 unspecified atom stereocenters. The molecule has 1 heterocycles. The number of carbonyl (C=O) groups is 1. The number of ether oxygens (including phenoxy) is 1. The van der Waals surface area contributed by atoms with Crippen molar-refractivity contribution in [3.63, 3.8) is 0 Å². The summed E-state index contributed by atoms with van der Waals surface area (Å²) in [6.07, 6.45) is 1.06. The van der Waals surface area contributed by atoms with Gasteiger partial charge in [-0.25, -0.2) is 4.68 Å². The molecule has 2 rings (SSSR count). The van der Waals surface area contributed by atoms with E-state index in [1.54, 1.807) is 12.1 Å². The van der Waals surface area contributed by atoms with E-state index in [0.29, 0.717) is 29.2 Å². The van der Waals surface area contributed by atoms with E-state index < -0.39 is 0 Å². The van der Waals surface area contributed by atoms with E-state index in [0.717, 1.165) is 0 Å². The van der Waals surface area contributed by atoms with Crippen LogP contribution in [0.4, 0.5) is 5.82 Å². The van der Waals surface area contributed by atoms with Gasteiger partial charge in [0.05, 0.1) is 33.6 Å². The van der Waals surface area contributed by atoms with Gasteiger partial charge in [0.25, 0.3) is 0 Å². The maximum Gasteiger partial charge on any atom is 0.305 e. The normalized spacial score (nSPS) is 10.5. The first-order valence-corrected chi connectivity index (χ1v) is 8.02. The number of carbonyl (C=O) groups excluding carboxylic acids is 1. The minimum Gasteiger partial charge on any atom is -0.469 e. The Kier molecular flexibility index (Phi) is 5.94. The number of nitriles is 1. The van der Waals surface area contributed by atoms with E-state index >= 15 is 0 Å². The van der Waals surface area contributed by atoms with Gasteiger partial charge in [-0.3, -0.25) is 4.79 Å². The third-order valence-corrected chi connectivity index (χ3v) is 4.67. The summed E-state index contributed by atoms with van der Waals surface area (Å²) in [5.41, 5.74) is 7.05. The monoisotopic (exact) mass is 386 g/mol. The number of nitrogens with zero attached hydrogens (tertiary/aromatic N) is 3. The number of benzene rings is 1. The Labute approximate surface area is 153 Å². The second kappa shape index (κ2) is 7.75. The number of esters is 1. The molecule has 9 heteroatoms. The molecule has 0 aliphatic rings. The van der Waals surface area contributed by atoms with Crippen molar-refractivity contribution in [2.24, 2.45) is 0 Å². The van der Waals surface area contributed by atoms with E-state index in [2.05, 4.69) is 9.84 Å². The lowest BCUT2D eigenvalue weighted by atomic mass is 10.1. The summed E-state index contributed by atoms with van der Waals surface area (Å²) in [4.78, 5) is 11.3. The van der Waals surface area contributed by atoms with Crippen molar-refractivity contribution in [2.75, 3.05) is 12.8 Å². The average Bonchev–Trinajstić information content (AvgIpc) is 2.88. The summed E-state index contributed by atoms with van der Waals surface area (Å²) >= 11 is 18.2. The fraction of sp³-hybridized carbons (Fsp3) is 0.267. The van der Waals surface area contributed by atoms with Crippen molar-refractivity contribution in [2.45, 2.75) is 19.3 Å². The summed E-state index contributed by atoms with van der Waals surface area (Å²) < 4.78 is 6.06. The highest BCUT2D eigenvalue weighted by molar-refractivity contribution is 6.48. The SMILES string of the molecule is COC(=O)CCCc1c(C#N)c(N)nn1-c1ccc(Cl)c(Cl)c1Cl. The molecule has 1 aromatic carbocycles. The molecular weight excluding hydrogens is 375 g/mol. The van der Waals surface area contributed by atoms with Crippen LogP contribution in [0.5, 0.6) is 0 Å². The zero-order valence-corrected chi connectivity index (χ0v) is 14.9. The number of halogens is 3. The molecule has 0 aliphatic carbocycles. The van der Waals surface area contributed by atoms with Crippen LogP contribution < -0.4 is 5.73 Å². The van der Waals surface area contributed by atoms with Crippen molar-refractivity contribution < 1.29 is 9.53 Å². The maximum absolute atomic E-state index is 11.3. The van der Waals surface area contributed by atoms with Gasteiger partial charge in [-0.2, -0.15) is 5.26 Å². The highest BCUT2D eigenvalue weighted by Crippen LogP contribution is 2.36. The number of nitrogen functional groups attached to an aromatic ring is 1. The van der Waals surface area contributed by atoms with E-state index in [1.165, 1.54) is 11.8 Å². The quantitative estimate of drug-likeness (QED) is 0.622. The van der Waals surface area contributed by atoms with Gasteiger partial charge in [0.1, 0.15) is 11.6 Å². The van der Waals surface area contributed by atoms with Gasteiger partial charge in [-0.05, 0) is 25.0 Å². The van der Waals surface area contributed by atoms with E-state index in [9.17, 15) is 10.1 Å². The van der Waals surface area contributed by atoms with Gasteiger partial charge in [0, 0.05) is 6.42 Å². The molecule has 0 amide bonds. The first-order valence-electron chi connectivity index (χ1n) is 6.88. The summed E-state index contributed by atoms with van der Waals surface area (Å²) in [6.45, 7) is 0. The van der Waals surface area contributed by atoms with Crippen LogP contribution in [0.1, 0.15) is 24.1 Å². The first-order chi connectivity index (χ1) is 11.4. The first kappa shape index (κ1) is 18.4. The highest BCUT2D eigenvalue weighted by Gasteiger charge is 2.20. The molecule has 126 valence electrons. The average molecular weight is 388 g/mol. The molecule has 0 saturated carbocycles. The standard InChI is InChI=1S/C15H13Cl3N4O2/c1-24-12(23)4-2-3-10-8(7-19)15(20)21-22(10)11-6-5-9(16)13(17)14(11)18/h5-6H,2-4H2,1H3,(H2,20,21). The molecular formula is C15H13Cl3N4O2. The van der Waals surface area contributed by atoms with Gasteiger partial charge in [-0.15, -0.1) is 5.10 Å². The molecule has 1 aromatic heterocycles. The number of anilines is 1. The number of hydrogen-bond donors (Lipinski definition) is 1. The summed E-state index contributed by atoms with van der Waals surface area (Å²) in [7, 11) is 1.32. The lowest BCUT2D eigenvalue weighted by Gasteiger charge is -2.11. The molecule has 0 aliphatic heterocycles. The molecule has 0 spiro atoms. The number of hydrogen-bond acceptors (Lipinski definition) is 5. The minimum absolute atomic E-state index is 0.0766. The van der Waals surface area contributed by atoms with Crippen LogP contribution in [0.25, 0.3) is 5.69 Å². The Hall–Kier alpha value is -1.94. The van der Waals surface area contributed by atoms with Crippen LogP contribution in [0.3, 0.4) is 0 Å². The fourth-order valence-corrected chi connectivity index (χ4v) is 2.82. The summed E-state index contributed by atoms with van der Waals surface area (Å²) in [5, 5.41) is 14.2. The zero-order valence-electron chi connectivity index (χ0n) is 12.6. The molecule has 6 nitrogen and oxygen atoms in total. The van der Waals surface area contributed by atoms with Gasteiger partial charge < -0.3 is 10.5 Å². The van der Waals surface area contributed by atoms with Crippen molar-refractivity contribution in [1.29, 1.82) is 5.26 Å². The van der Waals surface area contributed by atoms with Crippen LogP contribution in [0.15, 0.2) is 12.1 Å². The topological polar surface area (TPSA) is 93.9 Å². The lowest BCUT2D eigenvalue weighted by molar-refractivity contribution is -0.140. The molecule has 0 saturated heterocycles. The summed E-state index contributed by atoms with van der Waals surface area (Å²) in [5.74, 6) is -0.257. The molecule has 0 bridgehead atoms. The molecule has 2 N–H and O–H groups in total. The fourth-order valence-electron chi connectivity index (χ4n) is 2.21. The highest BCUT2D eigenvalue weighted by atomic mass is 35.5. The van der Waals surface area contributed by atoms with Gasteiger partial charge in [0.2, 0.25) is 0 Å². The van der Waals surface area contributed by atoms with E-state index in [1.807, 2.05) is 6.07 Å². The third-order valence-electron chi connectivity index (χ3n) is 3.39. The largest absolute Gasteiger partial charge is 0.469 e. The number of nitrogens with two attached hydrogens (primary N) is 1. The molecule has 2 aromatic rings. The van der Waals surface area contributed by atoms with Gasteiger partial charge in [-0.1, -0.05) is 34.8 Å². The molecule has 24 heavy (non-hydrogen) atoms. The zero-order chi connectivity index (χ0) is 17.9. The van der Waals surface area contributed by atoms with Crippen LogP contribution in [-0.2, 0) is 16.0 Å². The van der Waals surface area contributed by atoms with Crippen molar-refractivity contribution in [3.05, 3.63) is 38.5 Å². The van der Waals surface area contributed by atoms with E-state index in [-0.39, 0.29) is 33.8 Å². The predicted molar refractivity (Wildman–Crippen MR) is 92.7 cm³/mol. The van der Waals surface area contributed by atoms with Crippen LogP contribution in [0.2, 0.25) is 15.1 Å². The smallest absolute Gasteiger partial charge is 0.305 e. The second-order valence-electron chi connectivity index (χ2n) is 4.85. The Bertz CT molecular complexity index is 827. The molecule has 0 fully saturated rings. The van der Waals surface area contributed by atoms with Crippen LogP contribution >= 0.6 is 34.8 Å². The Balaban J connectivity index is 2.46. The summed E-state index contributed by atoms with van der Waals surface area (Å²) in [6, 6.07) is 5.23. The molecule has 0 atom stereocenters. The van der Waals surface area contributed by atoms with Crippen LogP contribution in [-0.4, -0.2) is 22.9 Å². The number of methoxy groups -OCH3 is 1. The van der Waals surface area contributed by atoms with Gasteiger partial charge in [0.15, 0.2) is 5.82 Å².